The average molecular weight is 213 g/mol. The Morgan fingerprint density at radius 2 is 2.00 bits per heavy atom. The molecule has 0 spiro atoms. The number of hydrogen-bond acceptors (Lipinski definition) is 1. The molecular weight excluding hydrogens is 196 g/mol. The Bertz CT molecular complexity index is 292. The largest absolute Gasteiger partial charge is 0.396 e. The van der Waals surface area contributed by atoms with E-state index >= 15 is 0 Å². The first-order valence-electron chi connectivity index (χ1n) is 4.95. The summed E-state index contributed by atoms with van der Waals surface area (Å²) < 4.78 is 0. The van der Waals surface area contributed by atoms with Gasteiger partial charge in [-0.1, -0.05) is 43.6 Å². The molecule has 1 unspecified atom stereocenters. The zero-order valence-corrected chi connectivity index (χ0v) is 9.51. The van der Waals surface area contributed by atoms with Gasteiger partial charge in [0, 0.05) is 11.6 Å². The van der Waals surface area contributed by atoms with Gasteiger partial charge in [-0.15, -0.1) is 0 Å². The molecule has 0 aliphatic rings. The Balaban J connectivity index is 2.82. The first-order chi connectivity index (χ1) is 6.61. The fraction of sp³-hybridized carbons (Fsp3) is 0.500. The van der Waals surface area contributed by atoms with E-state index in [2.05, 4.69) is 13.8 Å². The van der Waals surface area contributed by atoms with E-state index in [-0.39, 0.29) is 12.0 Å². The fourth-order valence-electron chi connectivity index (χ4n) is 1.39. The number of hydrogen-bond donors (Lipinski definition) is 1. The number of aliphatic hydroxyl groups is 1. The topological polar surface area (TPSA) is 20.2 Å². The summed E-state index contributed by atoms with van der Waals surface area (Å²) in [5.74, 6) is 0. The Morgan fingerprint density at radius 3 is 2.50 bits per heavy atom. The molecule has 0 aliphatic heterocycles. The molecule has 0 aromatic heterocycles. The summed E-state index contributed by atoms with van der Waals surface area (Å²) in [5.41, 5.74) is 1.07. The molecule has 0 radical (unpaired) electrons. The van der Waals surface area contributed by atoms with Gasteiger partial charge in [-0.3, -0.25) is 0 Å². The molecule has 0 fully saturated rings. The highest BCUT2D eigenvalue weighted by Gasteiger charge is 2.22. The van der Waals surface area contributed by atoms with E-state index in [1.54, 1.807) is 0 Å². The molecule has 0 saturated heterocycles. The van der Waals surface area contributed by atoms with Crippen LogP contribution in [-0.2, 0) is 6.42 Å². The molecule has 1 rings (SSSR count). The van der Waals surface area contributed by atoms with Crippen LogP contribution >= 0.6 is 11.6 Å². The molecular formula is C12H17ClO. The highest BCUT2D eigenvalue weighted by Crippen LogP contribution is 2.28. The van der Waals surface area contributed by atoms with Crippen LogP contribution in [0, 0.1) is 5.41 Å². The van der Waals surface area contributed by atoms with Gasteiger partial charge >= 0.3 is 0 Å². The SMILES string of the molecule is CCC(C)(CO)Cc1ccccc1Cl. The van der Waals surface area contributed by atoms with E-state index in [1.165, 1.54) is 0 Å². The Morgan fingerprint density at radius 1 is 1.36 bits per heavy atom. The van der Waals surface area contributed by atoms with Gasteiger partial charge in [0.25, 0.3) is 0 Å². The first kappa shape index (κ1) is 11.5. The standard InChI is InChI=1S/C12H17ClO/c1-3-12(2,9-14)8-10-6-4-5-7-11(10)13/h4-7,14H,3,8-9H2,1-2H3. The lowest BCUT2D eigenvalue weighted by Crippen LogP contribution is -2.23. The molecule has 0 bridgehead atoms. The summed E-state index contributed by atoms with van der Waals surface area (Å²) >= 11 is 6.06. The maximum absolute atomic E-state index is 9.29. The Kier molecular flexibility index (Phi) is 3.97. The minimum Gasteiger partial charge on any atom is -0.396 e. The van der Waals surface area contributed by atoms with Crippen molar-refractivity contribution in [1.29, 1.82) is 0 Å². The monoisotopic (exact) mass is 212 g/mol. The average Bonchev–Trinajstić information content (AvgIpc) is 2.21. The fourth-order valence-corrected chi connectivity index (χ4v) is 1.60. The van der Waals surface area contributed by atoms with Crippen molar-refractivity contribution in [3.8, 4) is 0 Å². The van der Waals surface area contributed by atoms with Crippen LogP contribution < -0.4 is 0 Å². The van der Waals surface area contributed by atoms with Gasteiger partial charge in [0.2, 0.25) is 0 Å². The van der Waals surface area contributed by atoms with Crippen molar-refractivity contribution in [3.63, 3.8) is 0 Å². The molecule has 0 heterocycles. The van der Waals surface area contributed by atoms with Crippen molar-refractivity contribution in [1.82, 2.24) is 0 Å². The zero-order valence-electron chi connectivity index (χ0n) is 8.76. The maximum atomic E-state index is 9.29. The van der Waals surface area contributed by atoms with Gasteiger partial charge in [0.15, 0.2) is 0 Å². The Hall–Kier alpha value is -0.530. The predicted octanol–water partition coefficient (Wildman–Crippen LogP) is 3.29. The van der Waals surface area contributed by atoms with Gasteiger partial charge < -0.3 is 5.11 Å². The molecule has 2 heteroatoms. The zero-order chi connectivity index (χ0) is 10.6. The molecule has 14 heavy (non-hydrogen) atoms. The third-order valence-electron chi connectivity index (χ3n) is 2.81. The number of rotatable bonds is 4. The van der Waals surface area contributed by atoms with Gasteiger partial charge in [-0.25, -0.2) is 0 Å². The highest BCUT2D eigenvalue weighted by atomic mass is 35.5. The minimum atomic E-state index is -0.0506. The van der Waals surface area contributed by atoms with E-state index < -0.39 is 0 Å². The highest BCUT2D eigenvalue weighted by molar-refractivity contribution is 6.31. The summed E-state index contributed by atoms with van der Waals surface area (Å²) in [6, 6.07) is 7.82. The number of aliphatic hydroxyl groups excluding tert-OH is 1. The van der Waals surface area contributed by atoms with Gasteiger partial charge in [-0.2, -0.15) is 0 Å². The minimum absolute atomic E-state index is 0.0506. The van der Waals surface area contributed by atoms with Crippen LogP contribution in [0.15, 0.2) is 24.3 Å². The summed E-state index contributed by atoms with van der Waals surface area (Å²) in [6.07, 6.45) is 1.79. The van der Waals surface area contributed by atoms with Crippen LogP contribution in [0.3, 0.4) is 0 Å². The third-order valence-corrected chi connectivity index (χ3v) is 3.18. The van der Waals surface area contributed by atoms with Gasteiger partial charge in [0.05, 0.1) is 0 Å². The summed E-state index contributed by atoms with van der Waals surface area (Å²) in [6.45, 7) is 4.37. The molecule has 0 saturated carbocycles. The van der Waals surface area contributed by atoms with Crippen LogP contribution in [0.4, 0.5) is 0 Å². The van der Waals surface area contributed by atoms with Crippen LogP contribution in [0.5, 0.6) is 0 Å². The third kappa shape index (κ3) is 2.73. The lowest BCUT2D eigenvalue weighted by Gasteiger charge is -2.26. The predicted molar refractivity (Wildman–Crippen MR) is 60.6 cm³/mol. The van der Waals surface area contributed by atoms with Crippen LogP contribution in [0.1, 0.15) is 25.8 Å². The van der Waals surface area contributed by atoms with E-state index in [4.69, 9.17) is 11.6 Å². The molecule has 1 atom stereocenters. The Labute approximate surface area is 90.7 Å². The normalized spacial score (nSPS) is 15.1. The summed E-state index contributed by atoms with van der Waals surface area (Å²) in [5, 5.41) is 10.1. The van der Waals surface area contributed by atoms with Crippen LogP contribution in [0.2, 0.25) is 5.02 Å². The first-order valence-corrected chi connectivity index (χ1v) is 5.33. The van der Waals surface area contributed by atoms with Crippen LogP contribution in [-0.4, -0.2) is 11.7 Å². The molecule has 1 aromatic carbocycles. The quantitative estimate of drug-likeness (QED) is 0.812. The van der Waals surface area contributed by atoms with Crippen molar-refractivity contribution >= 4 is 11.6 Å². The van der Waals surface area contributed by atoms with E-state index in [1.807, 2.05) is 24.3 Å². The van der Waals surface area contributed by atoms with E-state index in [0.717, 1.165) is 23.4 Å². The molecule has 0 aliphatic carbocycles. The lowest BCUT2D eigenvalue weighted by molar-refractivity contribution is 0.138. The second kappa shape index (κ2) is 4.81. The molecule has 0 amide bonds. The van der Waals surface area contributed by atoms with E-state index in [9.17, 15) is 5.11 Å². The van der Waals surface area contributed by atoms with Gasteiger partial charge in [0.1, 0.15) is 0 Å². The molecule has 78 valence electrons. The van der Waals surface area contributed by atoms with Crippen molar-refractivity contribution in [2.75, 3.05) is 6.61 Å². The molecule has 1 aromatic rings. The molecule has 1 nitrogen and oxygen atoms in total. The maximum Gasteiger partial charge on any atom is 0.0487 e. The van der Waals surface area contributed by atoms with Crippen molar-refractivity contribution in [2.24, 2.45) is 5.41 Å². The van der Waals surface area contributed by atoms with E-state index in [0.29, 0.717) is 0 Å². The molecule has 1 N–H and O–H groups in total. The van der Waals surface area contributed by atoms with Crippen molar-refractivity contribution in [2.45, 2.75) is 26.7 Å². The second-order valence-electron chi connectivity index (χ2n) is 4.09. The van der Waals surface area contributed by atoms with Crippen LogP contribution in [0.25, 0.3) is 0 Å². The second-order valence-corrected chi connectivity index (χ2v) is 4.50. The van der Waals surface area contributed by atoms with Gasteiger partial charge in [-0.05, 0) is 29.9 Å². The number of benzene rings is 1. The summed E-state index contributed by atoms with van der Waals surface area (Å²) in [7, 11) is 0. The number of halogens is 1. The summed E-state index contributed by atoms with van der Waals surface area (Å²) in [4.78, 5) is 0. The lowest BCUT2D eigenvalue weighted by atomic mass is 9.82. The smallest absolute Gasteiger partial charge is 0.0487 e. The van der Waals surface area contributed by atoms with Crippen molar-refractivity contribution in [3.05, 3.63) is 34.9 Å². The van der Waals surface area contributed by atoms with Crippen molar-refractivity contribution < 1.29 is 5.11 Å².